The zero-order valence-electron chi connectivity index (χ0n) is 8.33. The molecule has 5 heteroatoms. The van der Waals surface area contributed by atoms with Crippen molar-refractivity contribution in [3.63, 3.8) is 0 Å². The number of hydrogen-bond acceptors (Lipinski definition) is 3. The number of hydrogen-bond donors (Lipinski definition) is 0. The molecule has 0 fully saturated rings. The minimum atomic E-state index is -0.494. The van der Waals surface area contributed by atoms with Crippen LogP contribution in [-0.2, 0) is 4.74 Å². The number of rotatable bonds is 3. The highest BCUT2D eigenvalue weighted by molar-refractivity contribution is 6.37. The molecule has 0 bridgehead atoms. The SMILES string of the molecule is COC=C(C#N)C(=O)c1ccc(Cl)cc1Cl. The van der Waals surface area contributed by atoms with Gasteiger partial charge in [0.2, 0.25) is 5.78 Å². The molecular weight excluding hydrogens is 249 g/mol. The van der Waals surface area contributed by atoms with Gasteiger partial charge in [0.05, 0.1) is 12.1 Å². The minimum absolute atomic E-state index is 0.119. The summed E-state index contributed by atoms with van der Waals surface area (Å²) in [6.45, 7) is 0. The number of methoxy groups -OCH3 is 1. The van der Waals surface area contributed by atoms with E-state index >= 15 is 0 Å². The van der Waals surface area contributed by atoms with E-state index in [4.69, 9.17) is 28.5 Å². The van der Waals surface area contributed by atoms with Gasteiger partial charge >= 0.3 is 0 Å². The topological polar surface area (TPSA) is 50.1 Å². The maximum atomic E-state index is 11.8. The molecule has 0 spiro atoms. The normalized spacial score (nSPS) is 10.8. The van der Waals surface area contributed by atoms with Crippen LogP contribution in [-0.4, -0.2) is 12.9 Å². The molecule has 0 unspecified atom stereocenters. The average molecular weight is 256 g/mol. The standard InChI is InChI=1S/C11H7Cl2NO2/c1-16-6-7(5-14)11(15)9-3-2-8(12)4-10(9)13/h2-4,6H,1H3. The van der Waals surface area contributed by atoms with E-state index in [1.165, 1.54) is 25.3 Å². The number of carbonyl (C=O) groups is 1. The maximum Gasteiger partial charge on any atom is 0.208 e. The van der Waals surface area contributed by atoms with Crippen LogP contribution in [0.5, 0.6) is 0 Å². The zero-order chi connectivity index (χ0) is 12.1. The fourth-order valence-electron chi connectivity index (χ4n) is 1.07. The predicted molar refractivity (Wildman–Crippen MR) is 61.5 cm³/mol. The lowest BCUT2D eigenvalue weighted by atomic mass is 10.1. The molecule has 0 saturated heterocycles. The highest BCUT2D eigenvalue weighted by Gasteiger charge is 2.15. The molecule has 0 heterocycles. The quantitative estimate of drug-likeness (QED) is 0.361. The van der Waals surface area contributed by atoms with Gasteiger partial charge in [-0.2, -0.15) is 5.26 Å². The molecular formula is C11H7Cl2NO2. The molecule has 82 valence electrons. The Morgan fingerprint density at radius 2 is 2.19 bits per heavy atom. The first-order valence-electron chi connectivity index (χ1n) is 4.23. The minimum Gasteiger partial charge on any atom is -0.503 e. The maximum absolute atomic E-state index is 11.8. The van der Waals surface area contributed by atoms with Gasteiger partial charge in [0.15, 0.2) is 0 Å². The fourth-order valence-corrected chi connectivity index (χ4v) is 1.56. The summed E-state index contributed by atoms with van der Waals surface area (Å²) in [6, 6.07) is 6.18. The molecule has 0 radical (unpaired) electrons. The van der Waals surface area contributed by atoms with E-state index in [1.807, 2.05) is 0 Å². The smallest absolute Gasteiger partial charge is 0.208 e. The lowest BCUT2D eigenvalue weighted by molar-refractivity contribution is 0.103. The van der Waals surface area contributed by atoms with Crippen LogP contribution in [0.15, 0.2) is 30.0 Å². The number of benzene rings is 1. The second-order valence-corrected chi connectivity index (χ2v) is 3.68. The van der Waals surface area contributed by atoms with Crippen LogP contribution in [0.3, 0.4) is 0 Å². The summed E-state index contributed by atoms with van der Waals surface area (Å²) in [5.74, 6) is -0.494. The highest BCUT2D eigenvalue weighted by atomic mass is 35.5. The Balaban J connectivity index is 3.15. The summed E-state index contributed by atoms with van der Waals surface area (Å²) < 4.78 is 4.63. The first kappa shape index (κ1) is 12.6. The van der Waals surface area contributed by atoms with Crippen molar-refractivity contribution in [2.24, 2.45) is 0 Å². The molecule has 0 aliphatic heterocycles. The summed E-state index contributed by atoms with van der Waals surface area (Å²) in [4.78, 5) is 11.8. The van der Waals surface area contributed by atoms with Gasteiger partial charge in [0.1, 0.15) is 17.9 Å². The average Bonchev–Trinajstić information content (AvgIpc) is 2.25. The molecule has 3 nitrogen and oxygen atoms in total. The Kier molecular flexibility index (Phi) is 4.36. The summed E-state index contributed by atoms with van der Waals surface area (Å²) in [5, 5.41) is 9.38. The van der Waals surface area contributed by atoms with E-state index < -0.39 is 5.78 Å². The van der Waals surface area contributed by atoms with Gasteiger partial charge in [0.25, 0.3) is 0 Å². The van der Waals surface area contributed by atoms with Gasteiger partial charge in [-0.15, -0.1) is 0 Å². The number of allylic oxidation sites excluding steroid dienone is 1. The molecule has 1 aromatic rings. The number of nitriles is 1. The number of carbonyl (C=O) groups excluding carboxylic acids is 1. The summed E-state index contributed by atoms with van der Waals surface area (Å²) in [6.07, 6.45) is 1.08. The largest absolute Gasteiger partial charge is 0.503 e. The Hall–Kier alpha value is -1.50. The monoisotopic (exact) mass is 255 g/mol. The predicted octanol–water partition coefficient (Wildman–Crippen LogP) is 3.23. The van der Waals surface area contributed by atoms with E-state index in [0.29, 0.717) is 5.02 Å². The van der Waals surface area contributed by atoms with Crippen molar-refractivity contribution in [3.8, 4) is 6.07 Å². The Morgan fingerprint density at radius 3 is 2.69 bits per heavy atom. The van der Waals surface area contributed by atoms with Gasteiger partial charge in [-0.25, -0.2) is 0 Å². The molecule has 0 amide bonds. The summed E-state index contributed by atoms with van der Waals surface area (Å²) >= 11 is 11.5. The third kappa shape index (κ3) is 2.75. The Morgan fingerprint density at radius 1 is 1.50 bits per heavy atom. The van der Waals surface area contributed by atoms with E-state index in [1.54, 1.807) is 6.07 Å². The van der Waals surface area contributed by atoms with Crippen LogP contribution in [0.4, 0.5) is 0 Å². The van der Waals surface area contributed by atoms with Crippen molar-refractivity contribution in [3.05, 3.63) is 45.6 Å². The van der Waals surface area contributed by atoms with Crippen molar-refractivity contribution >= 4 is 29.0 Å². The molecule has 1 aromatic carbocycles. The molecule has 0 N–H and O–H groups in total. The number of Topliss-reactive ketones (excluding diaryl/α,β-unsaturated/α-hetero) is 1. The number of halogens is 2. The number of ketones is 1. The molecule has 0 aliphatic carbocycles. The molecule has 0 atom stereocenters. The number of ether oxygens (including phenoxy) is 1. The Labute approximate surface area is 103 Å². The van der Waals surface area contributed by atoms with Crippen molar-refractivity contribution in [2.75, 3.05) is 7.11 Å². The molecule has 16 heavy (non-hydrogen) atoms. The van der Waals surface area contributed by atoms with Crippen LogP contribution in [0, 0.1) is 11.3 Å². The lowest BCUT2D eigenvalue weighted by Crippen LogP contribution is -2.03. The third-order valence-corrected chi connectivity index (χ3v) is 2.32. The Bertz CT molecular complexity index is 489. The van der Waals surface area contributed by atoms with Gasteiger partial charge in [0, 0.05) is 10.6 Å². The first-order chi connectivity index (χ1) is 7.60. The van der Waals surface area contributed by atoms with Crippen LogP contribution in [0.25, 0.3) is 0 Å². The van der Waals surface area contributed by atoms with Crippen LogP contribution >= 0.6 is 23.2 Å². The van der Waals surface area contributed by atoms with Crippen LogP contribution in [0.2, 0.25) is 10.0 Å². The van der Waals surface area contributed by atoms with Crippen molar-refractivity contribution in [1.82, 2.24) is 0 Å². The fraction of sp³-hybridized carbons (Fsp3) is 0.0909. The third-order valence-electron chi connectivity index (χ3n) is 1.78. The van der Waals surface area contributed by atoms with E-state index in [9.17, 15) is 4.79 Å². The molecule has 0 aromatic heterocycles. The van der Waals surface area contributed by atoms with Crippen molar-refractivity contribution < 1.29 is 9.53 Å². The van der Waals surface area contributed by atoms with Gasteiger partial charge in [-0.05, 0) is 18.2 Å². The van der Waals surface area contributed by atoms with Gasteiger partial charge in [-0.3, -0.25) is 4.79 Å². The molecule has 0 saturated carbocycles. The summed E-state index contributed by atoms with van der Waals surface area (Å²) in [7, 11) is 1.36. The van der Waals surface area contributed by atoms with Crippen molar-refractivity contribution in [2.45, 2.75) is 0 Å². The first-order valence-corrected chi connectivity index (χ1v) is 4.98. The molecule has 0 aliphatic rings. The van der Waals surface area contributed by atoms with Crippen LogP contribution in [0.1, 0.15) is 10.4 Å². The van der Waals surface area contributed by atoms with Crippen molar-refractivity contribution in [1.29, 1.82) is 5.26 Å². The highest BCUT2D eigenvalue weighted by Crippen LogP contribution is 2.23. The number of nitrogens with zero attached hydrogens (tertiary/aromatic N) is 1. The second-order valence-electron chi connectivity index (χ2n) is 2.83. The lowest BCUT2D eigenvalue weighted by Gasteiger charge is -2.02. The van der Waals surface area contributed by atoms with Gasteiger partial charge < -0.3 is 4.74 Å². The van der Waals surface area contributed by atoms with Gasteiger partial charge in [-0.1, -0.05) is 23.2 Å². The molecule has 1 rings (SSSR count). The van der Waals surface area contributed by atoms with E-state index in [2.05, 4.69) is 4.74 Å². The van der Waals surface area contributed by atoms with Crippen LogP contribution < -0.4 is 0 Å². The van der Waals surface area contributed by atoms with E-state index in [0.717, 1.165) is 6.26 Å². The summed E-state index contributed by atoms with van der Waals surface area (Å²) in [5.41, 5.74) is 0.0997. The van der Waals surface area contributed by atoms with E-state index in [-0.39, 0.29) is 16.2 Å². The second kappa shape index (κ2) is 5.55. The zero-order valence-corrected chi connectivity index (χ0v) is 9.84.